The predicted octanol–water partition coefficient (Wildman–Crippen LogP) is -0.00780. The van der Waals surface area contributed by atoms with Gasteiger partial charge in [0.25, 0.3) is 0 Å². The highest BCUT2D eigenvalue weighted by Gasteiger charge is 2.33. The highest BCUT2D eigenvalue weighted by Crippen LogP contribution is 2.28. The van der Waals surface area contributed by atoms with E-state index in [1.54, 1.807) is 0 Å². The SMILES string of the molecule is O=C(CCC(CCC(=O)NO)(CCC(=O)NO)NC(=O)CCC(=O)Oc1ccccc1[N+](=O)[O-])NO. The average Bonchev–Trinajstić information content (AvgIpc) is 2.87. The van der Waals surface area contributed by atoms with Crippen LogP contribution in [0.1, 0.15) is 51.4 Å². The zero-order chi connectivity index (χ0) is 27.1. The van der Waals surface area contributed by atoms with Crippen molar-refractivity contribution in [2.45, 2.75) is 56.9 Å². The van der Waals surface area contributed by atoms with Crippen LogP contribution in [0.3, 0.4) is 0 Å². The van der Waals surface area contributed by atoms with Gasteiger partial charge in [-0.1, -0.05) is 12.1 Å². The minimum atomic E-state index is -1.40. The second-order valence-corrected chi connectivity index (χ2v) is 7.63. The zero-order valence-electron chi connectivity index (χ0n) is 19.0. The largest absolute Gasteiger partial charge is 0.419 e. The predicted molar refractivity (Wildman–Crippen MR) is 116 cm³/mol. The molecule has 0 heterocycles. The number of carbonyl (C=O) groups excluding carboxylic acids is 5. The van der Waals surface area contributed by atoms with Crippen LogP contribution in [0.25, 0.3) is 0 Å². The molecule has 0 fully saturated rings. The van der Waals surface area contributed by atoms with Crippen molar-refractivity contribution in [2.75, 3.05) is 0 Å². The summed E-state index contributed by atoms with van der Waals surface area (Å²) in [4.78, 5) is 69.8. The second kappa shape index (κ2) is 15.0. The Hall–Kier alpha value is -4.15. The van der Waals surface area contributed by atoms with Crippen LogP contribution >= 0.6 is 0 Å². The molecule has 0 unspecified atom stereocenters. The smallest absolute Gasteiger partial charge is 0.311 e. The van der Waals surface area contributed by atoms with E-state index in [9.17, 15) is 34.1 Å². The Balaban J connectivity index is 2.95. The molecule has 0 aliphatic carbocycles. The summed E-state index contributed by atoms with van der Waals surface area (Å²) >= 11 is 0. The number of nitro groups is 1. The van der Waals surface area contributed by atoms with Gasteiger partial charge >= 0.3 is 11.7 Å². The Kier molecular flexibility index (Phi) is 12.4. The third-order valence-corrected chi connectivity index (χ3v) is 5.11. The number of rotatable bonds is 15. The summed E-state index contributed by atoms with van der Waals surface area (Å²) in [6, 6.07) is 5.15. The average molecular weight is 513 g/mol. The van der Waals surface area contributed by atoms with Crippen LogP contribution in [-0.4, -0.2) is 55.7 Å². The Bertz CT molecular complexity index is 919. The Morgan fingerprint density at radius 3 is 1.69 bits per heavy atom. The molecule has 198 valence electrons. The Morgan fingerprint density at radius 2 is 1.25 bits per heavy atom. The molecule has 1 rings (SSSR count). The molecule has 0 aliphatic heterocycles. The van der Waals surface area contributed by atoms with Crippen molar-refractivity contribution in [3.63, 3.8) is 0 Å². The number of hydroxylamine groups is 3. The minimum absolute atomic E-state index is 0.163. The summed E-state index contributed by atoms with van der Waals surface area (Å²) in [5.41, 5.74) is 2.42. The lowest BCUT2D eigenvalue weighted by Gasteiger charge is -2.35. The molecule has 16 heteroatoms. The van der Waals surface area contributed by atoms with E-state index in [0.29, 0.717) is 0 Å². The number of hydrogen-bond donors (Lipinski definition) is 7. The number of esters is 1. The molecule has 0 radical (unpaired) electrons. The van der Waals surface area contributed by atoms with Gasteiger partial charge in [-0.2, -0.15) is 0 Å². The standard InChI is InChI=1S/C20H27N5O11/c26-15(5-6-19(30)36-14-4-2-1-3-13(14)25(34)35)21-20(10-7-16(27)22-31,11-8-17(28)23-32)12-9-18(29)24-33/h1-4,31-33H,5-12H2,(H,21,26)(H,22,27)(H,23,28)(H,24,29). The van der Waals surface area contributed by atoms with Gasteiger partial charge in [0.15, 0.2) is 0 Å². The number of carbonyl (C=O) groups is 5. The van der Waals surface area contributed by atoms with Gasteiger partial charge in [-0.15, -0.1) is 0 Å². The molecule has 0 spiro atoms. The molecule has 0 bridgehead atoms. The molecule has 1 aromatic carbocycles. The van der Waals surface area contributed by atoms with E-state index in [2.05, 4.69) is 5.32 Å². The first kappa shape index (κ1) is 29.9. The van der Waals surface area contributed by atoms with E-state index in [1.807, 2.05) is 0 Å². The topological polar surface area (TPSA) is 247 Å². The molecule has 0 aliphatic rings. The van der Waals surface area contributed by atoms with Crippen molar-refractivity contribution in [3.8, 4) is 5.75 Å². The van der Waals surface area contributed by atoms with E-state index in [1.165, 1.54) is 34.6 Å². The van der Waals surface area contributed by atoms with Crippen LogP contribution in [-0.2, 0) is 24.0 Å². The van der Waals surface area contributed by atoms with Gasteiger partial charge in [0.1, 0.15) is 0 Å². The Morgan fingerprint density at radius 1 is 0.778 bits per heavy atom. The van der Waals surface area contributed by atoms with Crippen LogP contribution in [0, 0.1) is 10.1 Å². The number of benzene rings is 1. The summed E-state index contributed by atoms with van der Waals surface area (Å²) < 4.78 is 4.97. The van der Waals surface area contributed by atoms with Gasteiger partial charge in [-0.3, -0.25) is 49.7 Å². The molecular weight excluding hydrogens is 486 g/mol. The number of amides is 4. The molecule has 0 saturated heterocycles. The monoisotopic (exact) mass is 513 g/mol. The normalized spacial score (nSPS) is 10.6. The maximum atomic E-state index is 12.7. The maximum Gasteiger partial charge on any atom is 0.311 e. The fourth-order valence-corrected chi connectivity index (χ4v) is 3.23. The van der Waals surface area contributed by atoms with E-state index in [0.717, 1.165) is 6.07 Å². The van der Waals surface area contributed by atoms with Gasteiger partial charge in [-0.05, 0) is 25.3 Å². The van der Waals surface area contributed by atoms with Crippen LogP contribution in [0.2, 0.25) is 0 Å². The van der Waals surface area contributed by atoms with E-state index < -0.39 is 58.6 Å². The summed E-state index contributed by atoms with van der Waals surface area (Å²) in [7, 11) is 0. The number of hydrogen-bond acceptors (Lipinski definition) is 11. The summed E-state index contributed by atoms with van der Waals surface area (Å²) in [5, 5.41) is 39.9. The summed E-state index contributed by atoms with van der Waals surface area (Å²) in [5.74, 6) is -4.45. The van der Waals surface area contributed by atoms with Crippen LogP contribution in [0.5, 0.6) is 5.75 Å². The Labute approximate surface area is 204 Å². The first-order valence-corrected chi connectivity index (χ1v) is 10.6. The molecule has 0 atom stereocenters. The molecule has 4 amide bonds. The quantitative estimate of drug-likeness (QED) is 0.0540. The molecule has 7 N–H and O–H groups in total. The lowest BCUT2D eigenvalue weighted by molar-refractivity contribution is -0.385. The van der Waals surface area contributed by atoms with Crippen LogP contribution in [0.4, 0.5) is 5.69 Å². The fraction of sp³-hybridized carbons (Fsp3) is 0.450. The van der Waals surface area contributed by atoms with Crippen molar-refractivity contribution in [1.29, 1.82) is 0 Å². The highest BCUT2D eigenvalue weighted by atomic mass is 16.6. The van der Waals surface area contributed by atoms with Crippen LogP contribution in [0.15, 0.2) is 24.3 Å². The molecule has 16 nitrogen and oxygen atoms in total. The van der Waals surface area contributed by atoms with Gasteiger partial charge in [0.05, 0.1) is 11.3 Å². The van der Waals surface area contributed by atoms with Crippen molar-refractivity contribution in [2.24, 2.45) is 0 Å². The number of nitro benzene ring substituents is 1. The number of para-hydroxylation sites is 2. The number of nitrogens with zero attached hydrogens (tertiary/aromatic N) is 1. The van der Waals surface area contributed by atoms with Crippen molar-refractivity contribution >= 4 is 35.3 Å². The van der Waals surface area contributed by atoms with E-state index >= 15 is 0 Å². The summed E-state index contributed by atoms with van der Waals surface area (Å²) in [6.45, 7) is 0. The van der Waals surface area contributed by atoms with Crippen molar-refractivity contribution in [1.82, 2.24) is 21.8 Å². The minimum Gasteiger partial charge on any atom is -0.419 e. The highest BCUT2D eigenvalue weighted by molar-refractivity contribution is 5.83. The molecule has 1 aromatic rings. The number of nitrogens with one attached hydrogen (secondary N) is 4. The van der Waals surface area contributed by atoms with Gasteiger partial charge in [0.2, 0.25) is 29.4 Å². The number of ether oxygens (including phenoxy) is 1. The van der Waals surface area contributed by atoms with Gasteiger partial charge in [-0.25, -0.2) is 16.4 Å². The fourth-order valence-electron chi connectivity index (χ4n) is 3.23. The molecule has 36 heavy (non-hydrogen) atoms. The molecule has 0 saturated carbocycles. The summed E-state index contributed by atoms with van der Waals surface area (Å²) in [6.07, 6.45) is -2.44. The molecular formula is C20H27N5O11. The third-order valence-electron chi connectivity index (χ3n) is 5.11. The lowest BCUT2D eigenvalue weighted by atomic mass is 9.83. The van der Waals surface area contributed by atoms with Crippen molar-refractivity contribution in [3.05, 3.63) is 34.4 Å². The van der Waals surface area contributed by atoms with Gasteiger partial charge in [0, 0.05) is 37.3 Å². The second-order valence-electron chi connectivity index (χ2n) is 7.63. The van der Waals surface area contributed by atoms with E-state index in [-0.39, 0.29) is 44.3 Å². The lowest BCUT2D eigenvalue weighted by Crippen LogP contribution is -2.50. The zero-order valence-corrected chi connectivity index (χ0v) is 19.0. The first-order valence-electron chi connectivity index (χ1n) is 10.6. The van der Waals surface area contributed by atoms with Gasteiger partial charge < -0.3 is 10.1 Å². The first-order chi connectivity index (χ1) is 17.1. The maximum absolute atomic E-state index is 12.7. The van der Waals surface area contributed by atoms with Crippen molar-refractivity contribution < 1.29 is 49.3 Å². The van der Waals surface area contributed by atoms with E-state index in [4.69, 9.17) is 20.4 Å². The molecule has 0 aromatic heterocycles. The van der Waals surface area contributed by atoms with Crippen LogP contribution < -0.4 is 26.5 Å². The third kappa shape index (κ3) is 10.4.